The van der Waals surface area contributed by atoms with Gasteiger partial charge in [0.15, 0.2) is 0 Å². The number of hydrogen-bond donors (Lipinski definition) is 1. The predicted octanol–water partition coefficient (Wildman–Crippen LogP) is 1.26. The van der Waals surface area contributed by atoms with E-state index in [9.17, 15) is 0 Å². The van der Waals surface area contributed by atoms with Crippen molar-refractivity contribution in [2.45, 2.75) is 45.3 Å². The first kappa shape index (κ1) is 13.8. The molecule has 1 N–H and O–H groups in total. The van der Waals surface area contributed by atoms with Crippen molar-refractivity contribution in [2.75, 3.05) is 31.1 Å². The fraction of sp³-hybridized carbons (Fsp3) is 0.733. The molecular weight excluding hydrogens is 250 g/mol. The smallest absolute Gasteiger partial charge is 0.147 e. The summed E-state index contributed by atoms with van der Waals surface area (Å²) in [4.78, 5) is 14.1. The van der Waals surface area contributed by atoms with E-state index in [0.29, 0.717) is 6.04 Å². The topological polar surface area (TPSA) is 44.3 Å². The highest BCUT2D eigenvalue weighted by molar-refractivity contribution is 5.37. The van der Waals surface area contributed by atoms with Gasteiger partial charge in [-0.05, 0) is 19.4 Å². The molecule has 5 nitrogen and oxygen atoms in total. The van der Waals surface area contributed by atoms with E-state index >= 15 is 0 Å². The first-order valence-corrected chi connectivity index (χ1v) is 7.75. The van der Waals surface area contributed by atoms with Crippen molar-refractivity contribution in [1.29, 1.82) is 0 Å². The van der Waals surface area contributed by atoms with Crippen LogP contribution in [-0.4, -0.2) is 53.1 Å². The van der Waals surface area contributed by atoms with Gasteiger partial charge in [0.2, 0.25) is 0 Å². The Morgan fingerprint density at radius 1 is 1.25 bits per heavy atom. The molecule has 0 aromatic carbocycles. The Labute approximate surface area is 121 Å². The Balaban J connectivity index is 1.60. The maximum atomic E-state index is 4.60. The third-order valence-electron chi connectivity index (χ3n) is 4.29. The predicted molar refractivity (Wildman–Crippen MR) is 80.8 cm³/mol. The Morgan fingerprint density at radius 3 is 2.90 bits per heavy atom. The summed E-state index contributed by atoms with van der Waals surface area (Å²) in [6, 6.07) is 1.21. The lowest BCUT2D eigenvalue weighted by atomic mass is 10.1. The van der Waals surface area contributed by atoms with Gasteiger partial charge in [-0.15, -0.1) is 0 Å². The van der Waals surface area contributed by atoms with Gasteiger partial charge in [0, 0.05) is 38.3 Å². The highest BCUT2D eigenvalue weighted by Crippen LogP contribution is 2.23. The van der Waals surface area contributed by atoms with E-state index in [0.717, 1.165) is 37.2 Å². The van der Waals surface area contributed by atoms with Gasteiger partial charge in [-0.3, -0.25) is 9.88 Å². The molecule has 0 radical (unpaired) electrons. The molecule has 2 saturated heterocycles. The number of aromatic nitrogens is 2. The van der Waals surface area contributed by atoms with Crippen molar-refractivity contribution in [2.24, 2.45) is 0 Å². The van der Waals surface area contributed by atoms with Gasteiger partial charge in [-0.25, -0.2) is 4.98 Å². The number of rotatable bonds is 4. The van der Waals surface area contributed by atoms with E-state index in [1.807, 2.05) is 12.4 Å². The SMILES string of the molecule is CC(C)NCc1cnc(N2CCN3CCCC3C2)cn1. The molecule has 1 atom stereocenters. The van der Waals surface area contributed by atoms with Gasteiger partial charge in [0.1, 0.15) is 5.82 Å². The zero-order valence-electron chi connectivity index (χ0n) is 12.5. The highest BCUT2D eigenvalue weighted by atomic mass is 15.3. The summed E-state index contributed by atoms with van der Waals surface area (Å²) >= 11 is 0. The molecule has 3 rings (SSSR count). The van der Waals surface area contributed by atoms with Crippen LogP contribution in [0.2, 0.25) is 0 Å². The molecule has 2 aliphatic rings. The number of piperazine rings is 1. The molecule has 1 aromatic rings. The average molecular weight is 275 g/mol. The third-order valence-corrected chi connectivity index (χ3v) is 4.29. The molecule has 1 aromatic heterocycles. The quantitative estimate of drug-likeness (QED) is 0.896. The van der Waals surface area contributed by atoms with Crippen LogP contribution in [0.1, 0.15) is 32.4 Å². The van der Waals surface area contributed by atoms with Gasteiger partial charge in [0.05, 0.1) is 18.1 Å². The molecular formula is C15H25N5. The summed E-state index contributed by atoms with van der Waals surface area (Å²) in [7, 11) is 0. The lowest BCUT2D eigenvalue weighted by molar-refractivity contribution is 0.230. The fourth-order valence-corrected chi connectivity index (χ4v) is 3.11. The number of hydrogen-bond acceptors (Lipinski definition) is 5. The summed E-state index contributed by atoms with van der Waals surface area (Å²) in [5.74, 6) is 1.03. The van der Waals surface area contributed by atoms with Crippen LogP contribution < -0.4 is 10.2 Å². The molecule has 0 bridgehead atoms. The molecule has 1 unspecified atom stereocenters. The molecule has 0 amide bonds. The minimum atomic E-state index is 0.479. The first-order chi connectivity index (χ1) is 9.72. The standard InChI is InChI=1S/C15H25N5/c1-12(2)16-8-13-9-18-15(10-17-13)20-7-6-19-5-3-4-14(19)11-20/h9-10,12,14,16H,3-8,11H2,1-2H3. The molecule has 20 heavy (non-hydrogen) atoms. The van der Waals surface area contributed by atoms with E-state index < -0.39 is 0 Å². The first-order valence-electron chi connectivity index (χ1n) is 7.75. The lowest BCUT2D eigenvalue weighted by Crippen LogP contribution is -2.50. The van der Waals surface area contributed by atoms with Crippen LogP contribution in [-0.2, 0) is 6.54 Å². The van der Waals surface area contributed by atoms with Gasteiger partial charge < -0.3 is 10.2 Å². The summed E-state index contributed by atoms with van der Waals surface area (Å²) in [6.45, 7) is 9.72. The minimum Gasteiger partial charge on any atom is -0.352 e. The molecule has 0 saturated carbocycles. The normalized spacial score (nSPS) is 23.4. The van der Waals surface area contributed by atoms with Gasteiger partial charge in [-0.1, -0.05) is 13.8 Å². The van der Waals surface area contributed by atoms with Crippen LogP contribution in [0, 0.1) is 0 Å². The second kappa shape index (κ2) is 6.06. The monoisotopic (exact) mass is 275 g/mol. The molecule has 2 aliphatic heterocycles. The van der Waals surface area contributed by atoms with Crippen LogP contribution in [0.4, 0.5) is 5.82 Å². The number of nitrogens with zero attached hydrogens (tertiary/aromatic N) is 4. The zero-order valence-corrected chi connectivity index (χ0v) is 12.5. The van der Waals surface area contributed by atoms with Crippen LogP contribution >= 0.6 is 0 Å². The van der Waals surface area contributed by atoms with Crippen molar-refractivity contribution in [3.8, 4) is 0 Å². The maximum Gasteiger partial charge on any atom is 0.147 e. The summed E-state index contributed by atoms with van der Waals surface area (Å²) in [5, 5.41) is 3.37. The van der Waals surface area contributed by atoms with E-state index in [-0.39, 0.29) is 0 Å². The van der Waals surface area contributed by atoms with Crippen LogP contribution in [0.15, 0.2) is 12.4 Å². The summed E-state index contributed by atoms with van der Waals surface area (Å²) in [6.07, 6.45) is 6.53. The number of nitrogens with one attached hydrogen (secondary N) is 1. The zero-order chi connectivity index (χ0) is 13.9. The minimum absolute atomic E-state index is 0.479. The number of anilines is 1. The highest BCUT2D eigenvalue weighted by Gasteiger charge is 2.30. The third kappa shape index (κ3) is 3.10. The largest absolute Gasteiger partial charge is 0.352 e. The molecule has 2 fully saturated rings. The Morgan fingerprint density at radius 2 is 2.15 bits per heavy atom. The molecule has 110 valence electrons. The van der Waals surface area contributed by atoms with Crippen molar-refractivity contribution >= 4 is 5.82 Å². The van der Waals surface area contributed by atoms with Crippen LogP contribution in [0.5, 0.6) is 0 Å². The summed E-state index contributed by atoms with van der Waals surface area (Å²) in [5.41, 5.74) is 1.02. The van der Waals surface area contributed by atoms with Crippen LogP contribution in [0.3, 0.4) is 0 Å². The van der Waals surface area contributed by atoms with E-state index in [2.05, 4.69) is 38.9 Å². The van der Waals surface area contributed by atoms with Gasteiger partial charge in [0.25, 0.3) is 0 Å². The Hall–Kier alpha value is -1.20. The molecule has 0 spiro atoms. The average Bonchev–Trinajstić information content (AvgIpc) is 2.93. The van der Waals surface area contributed by atoms with Crippen molar-refractivity contribution in [3.05, 3.63) is 18.1 Å². The second-order valence-electron chi connectivity index (χ2n) is 6.18. The maximum absolute atomic E-state index is 4.60. The van der Waals surface area contributed by atoms with Crippen molar-refractivity contribution in [1.82, 2.24) is 20.2 Å². The van der Waals surface area contributed by atoms with Gasteiger partial charge in [-0.2, -0.15) is 0 Å². The van der Waals surface area contributed by atoms with Crippen molar-refractivity contribution < 1.29 is 0 Å². The molecule has 0 aliphatic carbocycles. The van der Waals surface area contributed by atoms with E-state index in [1.165, 1.54) is 25.9 Å². The van der Waals surface area contributed by atoms with Crippen molar-refractivity contribution in [3.63, 3.8) is 0 Å². The fourth-order valence-electron chi connectivity index (χ4n) is 3.11. The molecule has 3 heterocycles. The van der Waals surface area contributed by atoms with Crippen LogP contribution in [0.25, 0.3) is 0 Å². The molecule has 5 heteroatoms. The second-order valence-corrected chi connectivity index (χ2v) is 6.18. The lowest BCUT2D eigenvalue weighted by Gasteiger charge is -2.37. The van der Waals surface area contributed by atoms with E-state index in [4.69, 9.17) is 0 Å². The van der Waals surface area contributed by atoms with E-state index in [1.54, 1.807) is 0 Å². The van der Waals surface area contributed by atoms with Gasteiger partial charge >= 0.3 is 0 Å². The number of fused-ring (bicyclic) bond motifs is 1. The summed E-state index contributed by atoms with van der Waals surface area (Å²) < 4.78 is 0. The Bertz CT molecular complexity index is 430. The Kier molecular flexibility index (Phi) is 4.17.